The Morgan fingerprint density at radius 2 is 2.31 bits per heavy atom. The molecular weight excluding hydrogens is 226 g/mol. The molecule has 0 aliphatic carbocycles. The van der Waals surface area contributed by atoms with Gasteiger partial charge in [-0.2, -0.15) is 0 Å². The van der Waals surface area contributed by atoms with Gasteiger partial charge in [-0.3, -0.25) is 4.79 Å². The fourth-order valence-electron chi connectivity index (χ4n) is 1.34. The van der Waals surface area contributed by atoms with Gasteiger partial charge in [0.15, 0.2) is 0 Å². The molecule has 0 saturated heterocycles. The molecular formula is C10H17N3O2S. The van der Waals surface area contributed by atoms with Gasteiger partial charge in [-0.05, 0) is 38.2 Å². The summed E-state index contributed by atoms with van der Waals surface area (Å²) in [4.78, 5) is 12.5. The summed E-state index contributed by atoms with van der Waals surface area (Å²) in [7, 11) is 0. The third-order valence-corrected chi connectivity index (χ3v) is 3.54. The number of hydrogen-bond donors (Lipinski definition) is 2. The van der Waals surface area contributed by atoms with Gasteiger partial charge >= 0.3 is 0 Å². The van der Waals surface area contributed by atoms with Gasteiger partial charge in [0.25, 0.3) is 5.91 Å². The topological polar surface area (TPSA) is 75.1 Å². The standard InChI is InChI=1S/C10H17N3O2S/c1-4-10(3,5-6-14)11-9(15)8-7(2)12-13-16-8/h14H,4-6H2,1-3H3,(H,11,15). The molecule has 1 heterocycles. The minimum absolute atomic E-state index is 0.0601. The minimum Gasteiger partial charge on any atom is -0.396 e. The summed E-state index contributed by atoms with van der Waals surface area (Å²) < 4.78 is 3.73. The SMILES string of the molecule is CCC(C)(CCO)NC(=O)c1snnc1C. The van der Waals surface area contributed by atoms with Crippen LogP contribution < -0.4 is 5.32 Å². The Bertz CT molecular complexity index is 367. The van der Waals surface area contributed by atoms with Crippen LogP contribution >= 0.6 is 11.5 Å². The minimum atomic E-state index is -0.373. The molecule has 6 heteroatoms. The lowest BCUT2D eigenvalue weighted by molar-refractivity contribution is 0.0889. The van der Waals surface area contributed by atoms with Crippen molar-refractivity contribution < 1.29 is 9.90 Å². The molecule has 1 aromatic heterocycles. The second kappa shape index (κ2) is 5.36. The highest BCUT2D eigenvalue weighted by molar-refractivity contribution is 7.08. The van der Waals surface area contributed by atoms with Crippen molar-refractivity contribution in [2.75, 3.05) is 6.61 Å². The molecule has 0 aliphatic rings. The van der Waals surface area contributed by atoms with Crippen molar-refractivity contribution in [2.45, 2.75) is 39.2 Å². The van der Waals surface area contributed by atoms with Crippen LogP contribution in [0.15, 0.2) is 0 Å². The third-order valence-electron chi connectivity index (χ3n) is 2.72. The van der Waals surface area contributed by atoms with Crippen molar-refractivity contribution in [3.63, 3.8) is 0 Å². The molecule has 1 rings (SSSR count). The van der Waals surface area contributed by atoms with E-state index in [1.54, 1.807) is 6.92 Å². The first-order valence-electron chi connectivity index (χ1n) is 5.24. The Morgan fingerprint density at radius 3 is 2.75 bits per heavy atom. The molecule has 2 N–H and O–H groups in total. The lowest BCUT2D eigenvalue weighted by Gasteiger charge is -2.28. The molecule has 0 aliphatic heterocycles. The van der Waals surface area contributed by atoms with Crippen molar-refractivity contribution >= 4 is 17.4 Å². The lowest BCUT2D eigenvalue weighted by Crippen LogP contribution is -2.46. The van der Waals surface area contributed by atoms with E-state index in [4.69, 9.17) is 5.11 Å². The summed E-state index contributed by atoms with van der Waals surface area (Å²) in [5, 5.41) is 15.7. The normalized spacial score (nSPS) is 14.5. The second-order valence-electron chi connectivity index (χ2n) is 4.03. The quantitative estimate of drug-likeness (QED) is 0.813. The van der Waals surface area contributed by atoms with E-state index < -0.39 is 0 Å². The van der Waals surface area contributed by atoms with Crippen molar-refractivity contribution in [1.82, 2.24) is 14.9 Å². The van der Waals surface area contributed by atoms with Gasteiger partial charge in [-0.15, -0.1) is 5.10 Å². The number of carbonyl (C=O) groups excluding carboxylic acids is 1. The Kier molecular flexibility index (Phi) is 4.37. The van der Waals surface area contributed by atoms with Crippen LogP contribution in [0.2, 0.25) is 0 Å². The molecule has 90 valence electrons. The number of rotatable bonds is 5. The molecule has 1 unspecified atom stereocenters. The first-order valence-corrected chi connectivity index (χ1v) is 6.02. The van der Waals surface area contributed by atoms with Gasteiger partial charge < -0.3 is 10.4 Å². The average molecular weight is 243 g/mol. The maximum absolute atomic E-state index is 11.9. The van der Waals surface area contributed by atoms with Gasteiger partial charge in [0.2, 0.25) is 0 Å². The summed E-state index contributed by atoms with van der Waals surface area (Å²) >= 11 is 1.09. The molecule has 0 bridgehead atoms. The van der Waals surface area contributed by atoms with Crippen molar-refractivity contribution in [1.29, 1.82) is 0 Å². The third kappa shape index (κ3) is 2.99. The molecule has 0 saturated carbocycles. The van der Waals surface area contributed by atoms with Gasteiger partial charge in [0.05, 0.1) is 5.69 Å². The van der Waals surface area contributed by atoms with E-state index in [0.29, 0.717) is 17.0 Å². The smallest absolute Gasteiger partial charge is 0.265 e. The maximum Gasteiger partial charge on any atom is 0.265 e. The van der Waals surface area contributed by atoms with Gasteiger partial charge in [0, 0.05) is 12.1 Å². The maximum atomic E-state index is 11.9. The summed E-state index contributed by atoms with van der Waals surface area (Å²) in [6.45, 7) is 5.72. The Balaban J connectivity index is 2.73. The number of aliphatic hydroxyl groups excluding tert-OH is 1. The van der Waals surface area contributed by atoms with E-state index >= 15 is 0 Å². The van der Waals surface area contributed by atoms with Crippen LogP contribution in [0.25, 0.3) is 0 Å². The van der Waals surface area contributed by atoms with Crippen molar-refractivity contribution in [2.24, 2.45) is 0 Å². The number of amides is 1. The molecule has 0 aromatic carbocycles. The molecule has 16 heavy (non-hydrogen) atoms. The summed E-state index contributed by atoms with van der Waals surface area (Å²) in [5.41, 5.74) is 0.271. The predicted octanol–water partition coefficient (Wildman–Crippen LogP) is 1.13. The Labute approximate surface area is 99.0 Å². The lowest BCUT2D eigenvalue weighted by atomic mass is 9.95. The van der Waals surface area contributed by atoms with E-state index in [-0.39, 0.29) is 18.1 Å². The van der Waals surface area contributed by atoms with Crippen LogP contribution in [0.1, 0.15) is 42.1 Å². The second-order valence-corrected chi connectivity index (χ2v) is 4.78. The Morgan fingerprint density at radius 1 is 1.62 bits per heavy atom. The number of aromatic nitrogens is 2. The van der Waals surface area contributed by atoms with Crippen LogP contribution in [0.4, 0.5) is 0 Å². The highest BCUT2D eigenvalue weighted by atomic mass is 32.1. The van der Waals surface area contributed by atoms with E-state index in [2.05, 4.69) is 14.9 Å². The molecule has 0 spiro atoms. The van der Waals surface area contributed by atoms with E-state index in [1.807, 2.05) is 13.8 Å². The fraction of sp³-hybridized carbons (Fsp3) is 0.700. The summed E-state index contributed by atoms with van der Waals surface area (Å²) in [6, 6.07) is 0. The van der Waals surface area contributed by atoms with Crippen LogP contribution in [-0.2, 0) is 0 Å². The molecule has 0 radical (unpaired) electrons. The number of nitrogens with one attached hydrogen (secondary N) is 1. The fourth-order valence-corrected chi connectivity index (χ4v) is 1.90. The average Bonchev–Trinajstić information content (AvgIpc) is 2.65. The first kappa shape index (κ1) is 13.1. The summed E-state index contributed by atoms with van der Waals surface area (Å²) in [6.07, 6.45) is 1.31. The van der Waals surface area contributed by atoms with Crippen LogP contribution in [0.3, 0.4) is 0 Å². The van der Waals surface area contributed by atoms with Gasteiger partial charge in [0.1, 0.15) is 4.88 Å². The predicted molar refractivity (Wildman–Crippen MR) is 62.5 cm³/mol. The number of nitrogens with zero attached hydrogens (tertiary/aromatic N) is 2. The number of carbonyl (C=O) groups is 1. The zero-order valence-electron chi connectivity index (χ0n) is 9.78. The molecule has 1 atom stereocenters. The van der Waals surface area contributed by atoms with Crippen molar-refractivity contribution in [3.8, 4) is 0 Å². The highest BCUT2D eigenvalue weighted by Gasteiger charge is 2.25. The molecule has 0 fully saturated rings. The van der Waals surface area contributed by atoms with E-state index in [1.165, 1.54) is 0 Å². The number of aryl methyl sites for hydroxylation is 1. The van der Waals surface area contributed by atoms with E-state index in [0.717, 1.165) is 18.0 Å². The van der Waals surface area contributed by atoms with Crippen LogP contribution in [-0.4, -0.2) is 32.7 Å². The Hall–Kier alpha value is -1.01. The molecule has 1 aromatic rings. The number of hydrogen-bond acceptors (Lipinski definition) is 5. The molecule has 1 amide bonds. The highest BCUT2D eigenvalue weighted by Crippen LogP contribution is 2.16. The van der Waals surface area contributed by atoms with Crippen LogP contribution in [0, 0.1) is 6.92 Å². The first-order chi connectivity index (χ1) is 7.52. The van der Waals surface area contributed by atoms with Gasteiger partial charge in [-0.1, -0.05) is 11.4 Å². The molecule has 5 nitrogen and oxygen atoms in total. The van der Waals surface area contributed by atoms with Crippen LogP contribution in [0.5, 0.6) is 0 Å². The number of aliphatic hydroxyl groups is 1. The van der Waals surface area contributed by atoms with E-state index in [9.17, 15) is 4.79 Å². The van der Waals surface area contributed by atoms with Gasteiger partial charge in [-0.25, -0.2) is 0 Å². The summed E-state index contributed by atoms with van der Waals surface area (Å²) in [5.74, 6) is -0.162. The monoisotopic (exact) mass is 243 g/mol. The van der Waals surface area contributed by atoms with Crippen molar-refractivity contribution in [3.05, 3.63) is 10.6 Å². The zero-order chi connectivity index (χ0) is 12.2. The zero-order valence-corrected chi connectivity index (χ0v) is 10.6. The largest absolute Gasteiger partial charge is 0.396 e.